The first-order valence-corrected chi connectivity index (χ1v) is 8.53. The van der Waals surface area contributed by atoms with E-state index in [1.165, 1.54) is 6.92 Å². The number of hydrogen-bond acceptors (Lipinski definition) is 4. The van der Waals surface area contributed by atoms with Gasteiger partial charge in [-0.2, -0.15) is 13.2 Å². The van der Waals surface area contributed by atoms with Gasteiger partial charge in [0, 0.05) is 24.5 Å². The molecule has 1 aromatic carbocycles. The number of nitrogens with one attached hydrogen (secondary N) is 2. The maximum atomic E-state index is 12.4. The largest absolute Gasteiger partial charge is 0.453 e. The van der Waals surface area contributed by atoms with Crippen molar-refractivity contribution in [3.05, 3.63) is 41.1 Å². The molecule has 1 aliphatic rings. The molecule has 2 N–H and O–H groups in total. The summed E-state index contributed by atoms with van der Waals surface area (Å²) in [6.45, 7) is 5.42. The second kappa shape index (κ2) is 8.32. The predicted molar refractivity (Wildman–Crippen MR) is 94.1 cm³/mol. The minimum absolute atomic E-state index is 0.0607. The Bertz CT molecular complexity index is 726. The molecule has 0 saturated heterocycles. The summed E-state index contributed by atoms with van der Waals surface area (Å²) in [7, 11) is 0. The molecular formula is C18H22F3N3O3. The van der Waals surface area contributed by atoms with Crippen molar-refractivity contribution in [1.82, 2.24) is 10.6 Å². The summed E-state index contributed by atoms with van der Waals surface area (Å²) in [6.07, 6.45) is -4.63. The molecule has 0 saturated carbocycles. The van der Waals surface area contributed by atoms with E-state index in [1.54, 1.807) is 12.1 Å². The van der Waals surface area contributed by atoms with Gasteiger partial charge >= 0.3 is 18.2 Å². The summed E-state index contributed by atoms with van der Waals surface area (Å²) in [5.74, 6) is -1.13. The molecule has 0 aliphatic carbocycles. The van der Waals surface area contributed by atoms with E-state index in [0.717, 1.165) is 18.8 Å². The fraction of sp³-hybridized carbons (Fsp3) is 0.444. The number of alkyl halides is 3. The van der Waals surface area contributed by atoms with E-state index in [9.17, 15) is 22.8 Å². The second-order valence-electron chi connectivity index (χ2n) is 6.03. The van der Waals surface area contributed by atoms with E-state index in [0.29, 0.717) is 5.56 Å². The molecule has 6 nitrogen and oxygen atoms in total. The highest BCUT2D eigenvalue weighted by Crippen LogP contribution is 2.29. The summed E-state index contributed by atoms with van der Waals surface area (Å²) in [6, 6.07) is 5.69. The molecule has 0 fully saturated rings. The van der Waals surface area contributed by atoms with Gasteiger partial charge in [0.05, 0.1) is 11.6 Å². The first-order chi connectivity index (χ1) is 12.7. The summed E-state index contributed by atoms with van der Waals surface area (Å²) in [4.78, 5) is 26.2. The molecule has 0 radical (unpaired) electrons. The number of rotatable bonds is 6. The molecule has 0 unspecified atom stereocenters. The van der Waals surface area contributed by atoms with Crippen LogP contribution in [0.25, 0.3) is 0 Å². The van der Waals surface area contributed by atoms with Crippen molar-refractivity contribution < 1.29 is 27.5 Å². The highest BCUT2D eigenvalue weighted by molar-refractivity contribution is 5.95. The number of carbonyl (C=O) groups excluding carboxylic acids is 2. The molecule has 2 rings (SSSR count). The Labute approximate surface area is 155 Å². The lowest BCUT2D eigenvalue weighted by Gasteiger charge is -2.29. The number of ether oxygens (including phenoxy) is 1. The molecule has 0 bridgehead atoms. The van der Waals surface area contributed by atoms with E-state index >= 15 is 0 Å². The van der Waals surface area contributed by atoms with Crippen LogP contribution in [0.4, 0.5) is 23.7 Å². The van der Waals surface area contributed by atoms with Gasteiger partial charge in [-0.3, -0.25) is 0 Å². The van der Waals surface area contributed by atoms with Crippen LogP contribution >= 0.6 is 0 Å². The number of esters is 1. The van der Waals surface area contributed by atoms with Gasteiger partial charge in [-0.15, -0.1) is 0 Å². The first kappa shape index (κ1) is 20.6. The number of carbonyl (C=O) groups is 2. The Hall–Kier alpha value is -2.71. The van der Waals surface area contributed by atoms with Crippen LogP contribution in [0.5, 0.6) is 0 Å². The molecule has 1 atom stereocenters. The quantitative estimate of drug-likeness (QED) is 0.738. The van der Waals surface area contributed by atoms with Crippen LogP contribution in [0.1, 0.15) is 32.4 Å². The monoisotopic (exact) mass is 385 g/mol. The third-order valence-corrected chi connectivity index (χ3v) is 4.21. The van der Waals surface area contributed by atoms with Crippen LogP contribution in [0.3, 0.4) is 0 Å². The summed E-state index contributed by atoms with van der Waals surface area (Å²) < 4.78 is 41.5. The third kappa shape index (κ3) is 5.15. The molecule has 148 valence electrons. The van der Waals surface area contributed by atoms with Crippen LogP contribution in [0.2, 0.25) is 0 Å². The van der Waals surface area contributed by atoms with Gasteiger partial charge in [0.25, 0.3) is 0 Å². The van der Waals surface area contributed by atoms with E-state index in [-0.39, 0.29) is 11.3 Å². The van der Waals surface area contributed by atoms with Gasteiger partial charge < -0.3 is 20.3 Å². The SMILES string of the molecule is CCN(CC)c1ccc([C@H]2NC(=O)NC(C)=C2C(=O)OCC(F)(F)F)cc1. The number of anilines is 1. The molecule has 0 spiro atoms. The maximum absolute atomic E-state index is 12.4. The van der Waals surface area contributed by atoms with Crippen molar-refractivity contribution in [2.45, 2.75) is 33.0 Å². The number of nitrogens with zero attached hydrogens (tertiary/aromatic N) is 1. The van der Waals surface area contributed by atoms with Gasteiger partial charge in [0.1, 0.15) is 0 Å². The summed E-state index contributed by atoms with van der Waals surface area (Å²) in [5.41, 5.74) is 1.63. The van der Waals surface area contributed by atoms with E-state index in [2.05, 4.69) is 20.3 Å². The minimum atomic E-state index is -4.63. The topological polar surface area (TPSA) is 70.7 Å². The normalized spacial score (nSPS) is 17.3. The van der Waals surface area contributed by atoms with Crippen molar-refractivity contribution in [2.75, 3.05) is 24.6 Å². The minimum Gasteiger partial charge on any atom is -0.453 e. The zero-order valence-corrected chi connectivity index (χ0v) is 15.3. The molecule has 2 amide bonds. The van der Waals surface area contributed by atoms with Crippen LogP contribution in [-0.2, 0) is 9.53 Å². The van der Waals surface area contributed by atoms with Crippen molar-refractivity contribution in [2.24, 2.45) is 0 Å². The maximum Gasteiger partial charge on any atom is 0.422 e. The zero-order valence-electron chi connectivity index (χ0n) is 15.3. The lowest BCUT2D eigenvalue weighted by Crippen LogP contribution is -2.45. The lowest BCUT2D eigenvalue weighted by molar-refractivity contribution is -0.183. The average molecular weight is 385 g/mol. The number of halogens is 3. The Kier molecular flexibility index (Phi) is 6.35. The molecule has 9 heteroatoms. The van der Waals surface area contributed by atoms with Crippen molar-refractivity contribution in [1.29, 1.82) is 0 Å². The fourth-order valence-electron chi connectivity index (χ4n) is 2.91. The summed E-state index contributed by atoms with van der Waals surface area (Å²) in [5, 5.41) is 4.96. The van der Waals surface area contributed by atoms with Crippen molar-refractivity contribution in [3.8, 4) is 0 Å². The molecular weight excluding hydrogens is 363 g/mol. The number of allylic oxidation sites excluding steroid dienone is 1. The van der Waals surface area contributed by atoms with Gasteiger partial charge in [-0.25, -0.2) is 9.59 Å². The van der Waals surface area contributed by atoms with Gasteiger partial charge in [0.15, 0.2) is 6.61 Å². The third-order valence-electron chi connectivity index (χ3n) is 4.21. The number of benzene rings is 1. The van der Waals surface area contributed by atoms with E-state index < -0.39 is 30.8 Å². The summed E-state index contributed by atoms with van der Waals surface area (Å²) >= 11 is 0. The zero-order chi connectivity index (χ0) is 20.2. The molecule has 1 aromatic rings. The number of amides is 2. The van der Waals surface area contributed by atoms with Gasteiger partial charge in [0.2, 0.25) is 0 Å². The molecule has 1 aliphatic heterocycles. The van der Waals surface area contributed by atoms with Gasteiger partial charge in [-0.05, 0) is 38.5 Å². The van der Waals surface area contributed by atoms with E-state index in [1.807, 2.05) is 26.0 Å². The van der Waals surface area contributed by atoms with Crippen LogP contribution in [0, 0.1) is 0 Å². The highest BCUT2D eigenvalue weighted by Gasteiger charge is 2.35. The smallest absolute Gasteiger partial charge is 0.422 e. The van der Waals surface area contributed by atoms with E-state index in [4.69, 9.17) is 0 Å². The molecule has 1 heterocycles. The predicted octanol–water partition coefficient (Wildman–Crippen LogP) is 3.27. The van der Waals surface area contributed by atoms with Crippen molar-refractivity contribution in [3.63, 3.8) is 0 Å². The first-order valence-electron chi connectivity index (χ1n) is 8.53. The second-order valence-corrected chi connectivity index (χ2v) is 6.03. The number of urea groups is 1. The Morgan fingerprint density at radius 2 is 1.78 bits per heavy atom. The van der Waals surface area contributed by atoms with Crippen LogP contribution < -0.4 is 15.5 Å². The fourth-order valence-corrected chi connectivity index (χ4v) is 2.91. The standard InChI is InChI=1S/C18H22F3N3O3/c1-4-24(5-2)13-8-6-12(7-9-13)15-14(11(3)22-17(26)23-15)16(25)27-10-18(19,20)21/h6-9,15H,4-5,10H2,1-3H3,(H2,22,23,26)/t15-/m1/s1. The van der Waals surface area contributed by atoms with Gasteiger partial charge in [-0.1, -0.05) is 12.1 Å². The van der Waals surface area contributed by atoms with Crippen molar-refractivity contribution >= 4 is 17.7 Å². The average Bonchev–Trinajstić information content (AvgIpc) is 2.60. The Morgan fingerprint density at radius 1 is 1.19 bits per heavy atom. The van der Waals surface area contributed by atoms with Crippen LogP contribution in [0.15, 0.2) is 35.5 Å². The lowest BCUT2D eigenvalue weighted by atomic mass is 9.95. The Morgan fingerprint density at radius 3 is 2.30 bits per heavy atom. The molecule has 27 heavy (non-hydrogen) atoms. The van der Waals surface area contributed by atoms with Crippen LogP contribution in [-0.4, -0.2) is 37.9 Å². The molecule has 0 aromatic heterocycles. The number of hydrogen-bond donors (Lipinski definition) is 2. The Balaban J connectivity index is 2.30. The highest BCUT2D eigenvalue weighted by atomic mass is 19.4.